The van der Waals surface area contributed by atoms with Crippen LogP contribution in [0.4, 0.5) is 0 Å². The van der Waals surface area contributed by atoms with Crippen LogP contribution in [-0.2, 0) is 11.2 Å². The van der Waals surface area contributed by atoms with E-state index in [0.717, 1.165) is 32.6 Å². The SMILES string of the molecule is CCc1ccc(C(CN)N2CCOCC2CC)cc1. The Balaban J connectivity index is 2.17. The number of hydrogen-bond donors (Lipinski definition) is 1. The molecule has 2 atom stereocenters. The van der Waals surface area contributed by atoms with Crippen molar-refractivity contribution < 1.29 is 4.74 Å². The highest BCUT2D eigenvalue weighted by molar-refractivity contribution is 5.25. The van der Waals surface area contributed by atoms with Crippen molar-refractivity contribution in [2.75, 3.05) is 26.3 Å². The minimum absolute atomic E-state index is 0.319. The third-order valence-corrected chi connectivity index (χ3v) is 4.14. The fourth-order valence-electron chi connectivity index (χ4n) is 2.87. The number of ether oxygens (including phenoxy) is 1. The zero-order valence-corrected chi connectivity index (χ0v) is 12.1. The molecule has 1 aromatic rings. The Labute approximate surface area is 116 Å². The van der Waals surface area contributed by atoms with Gasteiger partial charge in [0.15, 0.2) is 0 Å². The molecule has 0 radical (unpaired) electrons. The predicted molar refractivity (Wildman–Crippen MR) is 79.2 cm³/mol. The van der Waals surface area contributed by atoms with Gasteiger partial charge in [-0.15, -0.1) is 0 Å². The Morgan fingerprint density at radius 2 is 2.05 bits per heavy atom. The number of rotatable bonds is 5. The van der Waals surface area contributed by atoms with Gasteiger partial charge >= 0.3 is 0 Å². The van der Waals surface area contributed by atoms with Crippen molar-refractivity contribution in [1.29, 1.82) is 0 Å². The van der Waals surface area contributed by atoms with Crippen molar-refractivity contribution in [2.24, 2.45) is 5.73 Å². The second kappa shape index (κ2) is 7.04. The molecule has 0 spiro atoms. The van der Waals surface area contributed by atoms with E-state index in [-0.39, 0.29) is 0 Å². The lowest BCUT2D eigenvalue weighted by Gasteiger charge is -2.40. The van der Waals surface area contributed by atoms with Gasteiger partial charge in [-0.05, 0) is 24.0 Å². The average Bonchev–Trinajstić information content (AvgIpc) is 2.49. The minimum atomic E-state index is 0.319. The highest BCUT2D eigenvalue weighted by Gasteiger charge is 2.28. The predicted octanol–water partition coefficient (Wildman–Crippen LogP) is 2.36. The Kier molecular flexibility index (Phi) is 5.37. The monoisotopic (exact) mass is 262 g/mol. The molecule has 106 valence electrons. The van der Waals surface area contributed by atoms with Crippen LogP contribution in [0.2, 0.25) is 0 Å². The number of nitrogens with two attached hydrogens (primary N) is 1. The van der Waals surface area contributed by atoms with Crippen LogP contribution in [0.5, 0.6) is 0 Å². The normalized spacial score (nSPS) is 22.4. The van der Waals surface area contributed by atoms with Gasteiger partial charge in [0.1, 0.15) is 0 Å². The van der Waals surface area contributed by atoms with Crippen molar-refractivity contribution in [1.82, 2.24) is 4.90 Å². The summed E-state index contributed by atoms with van der Waals surface area (Å²) in [7, 11) is 0. The van der Waals surface area contributed by atoms with E-state index in [1.807, 2.05) is 0 Å². The molecule has 19 heavy (non-hydrogen) atoms. The van der Waals surface area contributed by atoms with Gasteiger partial charge in [0, 0.05) is 25.2 Å². The molecule has 1 aliphatic rings. The third-order valence-electron chi connectivity index (χ3n) is 4.14. The molecule has 2 rings (SSSR count). The van der Waals surface area contributed by atoms with Crippen LogP contribution in [0.15, 0.2) is 24.3 Å². The van der Waals surface area contributed by atoms with Gasteiger partial charge in [0.2, 0.25) is 0 Å². The molecule has 3 heteroatoms. The summed E-state index contributed by atoms with van der Waals surface area (Å²) < 4.78 is 5.59. The molecule has 0 saturated carbocycles. The zero-order chi connectivity index (χ0) is 13.7. The van der Waals surface area contributed by atoms with Crippen LogP contribution in [0, 0.1) is 0 Å². The highest BCUT2D eigenvalue weighted by atomic mass is 16.5. The van der Waals surface area contributed by atoms with Crippen LogP contribution in [0.25, 0.3) is 0 Å². The van der Waals surface area contributed by atoms with Gasteiger partial charge in [-0.3, -0.25) is 4.90 Å². The smallest absolute Gasteiger partial charge is 0.0622 e. The lowest BCUT2D eigenvalue weighted by molar-refractivity contribution is -0.0291. The first-order valence-electron chi connectivity index (χ1n) is 7.42. The fraction of sp³-hybridized carbons (Fsp3) is 0.625. The molecule has 1 saturated heterocycles. The van der Waals surface area contributed by atoms with Gasteiger partial charge < -0.3 is 10.5 Å². The first-order valence-corrected chi connectivity index (χ1v) is 7.42. The van der Waals surface area contributed by atoms with Crippen molar-refractivity contribution in [3.8, 4) is 0 Å². The van der Waals surface area contributed by atoms with Crippen molar-refractivity contribution >= 4 is 0 Å². The highest BCUT2D eigenvalue weighted by Crippen LogP contribution is 2.25. The second-order valence-corrected chi connectivity index (χ2v) is 5.22. The van der Waals surface area contributed by atoms with E-state index in [1.54, 1.807) is 0 Å². The van der Waals surface area contributed by atoms with Crippen molar-refractivity contribution in [3.63, 3.8) is 0 Å². The first kappa shape index (κ1) is 14.5. The Morgan fingerprint density at radius 1 is 1.32 bits per heavy atom. The molecule has 2 unspecified atom stereocenters. The molecule has 1 fully saturated rings. The van der Waals surface area contributed by atoms with Crippen molar-refractivity contribution in [3.05, 3.63) is 35.4 Å². The molecule has 1 heterocycles. The van der Waals surface area contributed by atoms with Crippen LogP contribution >= 0.6 is 0 Å². The second-order valence-electron chi connectivity index (χ2n) is 5.22. The van der Waals surface area contributed by atoms with Gasteiger partial charge in [-0.2, -0.15) is 0 Å². The maximum atomic E-state index is 6.04. The standard InChI is InChI=1S/C16H26N2O/c1-3-13-5-7-14(8-6-13)16(11-17)18-9-10-19-12-15(18)4-2/h5-8,15-16H,3-4,9-12,17H2,1-2H3. The van der Waals surface area contributed by atoms with Crippen LogP contribution < -0.4 is 5.73 Å². The molecular formula is C16H26N2O. The molecule has 0 aromatic heterocycles. The lowest BCUT2D eigenvalue weighted by Crippen LogP contribution is -2.48. The number of hydrogen-bond acceptors (Lipinski definition) is 3. The number of benzene rings is 1. The van der Waals surface area contributed by atoms with Gasteiger partial charge in [-0.25, -0.2) is 0 Å². The van der Waals surface area contributed by atoms with Gasteiger partial charge in [0.05, 0.1) is 13.2 Å². The summed E-state index contributed by atoms with van der Waals surface area (Å²) in [4.78, 5) is 2.52. The lowest BCUT2D eigenvalue weighted by atomic mass is 10.00. The third kappa shape index (κ3) is 3.35. The number of morpholine rings is 1. The van der Waals surface area contributed by atoms with Gasteiger partial charge in [0.25, 0.3) is 0 Å². The molecule has 0 bridgehead atoms. The summed E-state index contributed by atoms with van der Waals surface area (Å²) in [5.41, 5.74) is 8.76. The summed E-state index contributed by atoms with van der Waals surface area (Å²) in [6.45, 7) is 7.71. The molecular weight excluding hydrogens is 236 g/mol. The molecule has 2 N–H and O–H groups in total. The maximum absolute atomic E-state index is 6.04. The molecule has 1 aromatic carbocycles. The minimum Gasteiger partial charge on any atom is -0.378 e. The van der Waals surface area contributed by atoms with Gasteiger partial charge in [-0.1, -0.05) is 38.1 Å². The van der Waals surface area contributed by atoms with E-state index in [9.17, 15) is 0 Å². The van der Waals surface area contributed by atoms with E-state index in [4.69, 9.17) is 10.5 Å². The molecule has 0 aliphatic carbocycles. The van der Waals surface area contributed by atoms with E-state index in [0.29, 0.717) is 18.6 Å². The quantitative estimate of drug-likeness (QED) is 0.885. The topological polar surface area (TPSA) is 38.5 Å². The van der Waals surface area contributed by atoms with Crippen LogP contribution in [-0.4, -0.2) is 37.2 Å². The number of aryl methyl sites for hydroxylation is 1. The Bertz CT molecular complexity index is 377. The zero-order valence-electron chi connectivity index (χ0n) is 12.1. The molecule has 1 aliphatic heterocycles. The van der Waals surface area contributed by atoms with E-state index < -0.39 is 0 Å². The largest absolute Gasteiger partial charge is 0.378 e. The fourth-order valence-corrected chi connectivity index (χ4v) is 2.87. The summed E-state index contributed by atoms with van der Waals surface area (Å²) in [6.07, 6.45) is 2.20. The Hall–Kier alpha value is -0.900. The molecule has 3 nitrogen and oxygen atoms in total. The average molecular weight is 262 g/mol. The van der Waals surface area contributed by atoms with Crippen molar-refractivity contribution in [2.45, 2.75) is 38.8 Å². The van der Waals surface area contributed by atoms with Crippen LogP contribution in [0.3, 0.4) is 0 Å². The van der Waals surface area contributed by atoms with E-state index >= 15 is 0 Å². The van der Waals surface area contributed by atoms with E-state index in [1.165, 1.54) is 11.1 Å². The summed E-state index contributed by atoms with van der Waals surface area (Å²) in [6, 6.07) is 9.73. The summed E-state index contributed by atoms with van der Waals surface area (Å²) >= 11 is 0. The first-order chi connectivity index (χ1) is 9.30. The Morgan fingerprint density at radius 3 is 2.63 bits per heavy atom. The summed E-state index contributed by atoms with van der Waals surface area (Å²) in [5, 5.41) is 0. The maximum Gasteiger partial charge on any atom is 0.0622 e. The molecule has 0 amide bonds. The van der Waals surface area contributed by atoms with Crippen LogP contribution in [0.1, 0.15) is 37.4 Å². The summed E-state index contributed by atoms with van der Waals surface area (Å²) in [5.74, 6) is 0. The number of nitrogens with zero attached hydrogens (tertiary/aromatic N) is 1. The van der Waals surface area contributed by atoms with E-state index in [2.05, 4.69) is 43.0 Å².